The molecule has 0 bridgehead atoms. The molecule has 0 saturated carbocycles. The molecule has 2 nitrogen and oxygen atoms in total. The van der Waals surface area contributed by atoms with Crippen molar-refractivity contribution in [2.24, 2.45) is 5.92 Å². The first-order valence-corrected chi connectivity index (χ1v) is 6.92. The molecule has 0 amide bonds. The summed E-state index contributed by atoms with van der Waals surface area (Å²) in [5.74, 6) is -1.34. The van der Waals surface area contributed by atoms with E-state index >= 15 is 0 Å². The van der Waals surface area contributed by atoms with E-state index in [2.05, 4.69) is 6.58 Å². The van der Waals surface area contributed by atoms with Crippen molar-refractivity contribution in [3.8, 4) is 0 Å². The number of rotatable bonds is 6. The molecule has 0 unspecified atom stereocenters. The molecule has 106 valence electrons. The Morgan fingerprint density at radius 3 is 1.95 bits per heavy atom. The van der Waals surface area contributed by atoms with Crippen molar-refractivity contribution in [3.05, 3.63) is 84.4 Å². The zero-order valence-electron chi connectivity index (χ0n) is 12.0. The van der Waals surface area contributed by atoms with Crippen molar-refractivity contribution in [2.45, 2.75) is 12.8 Å². The Bertz CT molecular complexity index is 629. The molecule has 0 N–H and O–H groups in total. The summed E-state index contributed by atoms with van der Waals surface area (Å²) in [6.07, 6.45) is 1.68. The molecule has 0 aliphatic rings. The van der Waals surface area contributed by atoms with Gasteiger partial charge in [-0.2, -0.15) is 0 Å². The number of hydrogen-bond acceptors (Lipinski definition) is 2. The van der Waals surface area contributed by atoms with E-state index in [0.717, 1.165) is 5.56 Å². The van der Waals surface area contributed by atoms with Crippen molar-refractivity contribution in [3.63, 3.8) is 0 Å². The summed E-state index contributed by atoms with van der Waals surface area (Å²) < 4.78 is 0. The third-order valence-electron chi connectivity index (χ3n) is 3.58. The van der Waals surface area contributed by atoms with Gasteiger partial charge in [-0.3, -0.25) is 9.59 Å². The maximum absolute atomic E-state index is 12.7. The Morgan fingerprint density at radius 2 is 1.48 bits per heavy atom. The number of benzene rings is 2. The highest BCUT2D eigenvalue weighted by Gasteiger charge is 2.32. The van der Waals surface area contributed by atoms with Crippen LogP contribution in [-0.2, 0) is 4.79 Å². The van der Waals surface area contributed by atoms with Crippen LogP contribution in [0.4, 0.5) is 0 Å². The molecular formula is C19H18O2. The minimum atomic E-state index is -0.729. The summed E-state index contributed by atoms with van der Waals surface area (Å²) in [4.78, 5) is 24.8. The third kappa shape index (κ3) is 3.34. The molecule has 0 heterocycles. The quantitative estimate of drug-likeness (QED) is 0.454. The lowest BCUT2D eigenvalue weighted by molar-refractivity contribution is -0.119. The largest absolute Gasteiger partial charge is 0.299 e. The van der Waals surface area contributed by atoms with Crippen molar-refractivity contribution in [1.82, 2.24) is 0 Å². The Morgan fingerprint density at radius 1 is 0.952 bits per heavy atom. The van der Waals surface area contributed by atoms with Crippen molar-refractivity contribution < 1.29 is 9.59 Å². The Kier molecular flexibility index (Phi) is 4.83. The van der Waals surface area contributed by atoms with Gasteiger partial charge in [-0.15, -0.1) is 6.58 Å². The Balaban J connectivity index is 2.41. The molecule has 0 fully saturated rings. The van der Waals surface area contributed by atoms with Crippen LogP contribution in [0.3, 0.4) is 0 Å². The van der Waals surface area contributed by atoms with E-state index in [-0.39, 0.29) is 17.5 Å². The molecule has 2 aromatic carbocycles. The molecule has 21 heavy (non-hydrogen) atoms. The predicted molar refractivity (Wildman–Crippen MR) is 84.3 cm³/mol. The average molecular weight is 278 g/mol. The van der Waals surface area contributed by atoms with E-state index in [1.165, 1.54) is 6.92 Å². The van der Waals surface area contributed by atoms with Crippen molar-refractivity contribution in [1.29, 1.82) is 0 Å². The van der Waals surface area contributed by atoms with E-state index in [9.17, 15) is 9.59 Å². The lowest BCUT2D eigenvalue weighted by Gasteiger charge is -2.21. The highest BCUT2D eigenvalue weighted by Crippen LogP contribution is 2.29. The second kappa shape index (κ2) is 6.80. The lowest BCUT2D eigenvalue weighted by atomic mass is 9.79. The van der Waals surface area contributed by atoms with E-state index < -0.39 is 5.92 Å². The first kappa shape index (κ1) is 14.9. The van der Waals surface area contributed by atoms with Gasteiger partial charge in [0, 0.05) is 11.5 Å². The zero-order valence-corrected chi connectivity index (χ0v) is 12.0. The maximum Gasteiger partial charge on any atom is 0.174 e. The van der Waals surface area contributed by atoms with Gasteiger partial charge in [-0.1, -0.05) is 66.7 Å². The summed E-state index contributed by atoms with van der Waals surface area (Å²) in [6, 6.07) is 18.5. The molecule has 2 heteroatoms. The van der Waals surface area contributed by atoms with Crippen LogP contribution in [-0.4, -0.2) is 11.6 Å². The highest BCUT2D eigenvalue weighted by atomic mass is 16.1. The fraction of sp³-hybridized carbons (Fsp3) is 0.158. The third-order valence-corrected chi connectivity index (χ3v) is 3.58. The van der Waals surface area contributed by atoms with Gasteiger partial charge in [0.25, 0.3) is 0 Å². The first-order chi connectivity index (χ1) is 10.1. The molecule has 0 aromatic heterocycles. The molecule has 2 aromatic rings. The monoisotopic (exact) mass is 278 g/mol. The number of allylic oxidation sites excluding steroid dienone is 1. The lowest BCUT2D eigenvalue weighted by Crippen LogP contribution is -2.28. The van der Waals surface area contributed by atoms with E-state index in [1.807, 2.05) is 36.4 Å². The fourth-order valence-electron chi connectivity index (χ4n) is 2.52. The predicted octanol–water partition coefficient (Wildman–Crippen LogP) is 4.04. The molecule has 0 aliphatic heterocycles. The summed E-state index contributed by atoms with van der Waals surface area (Å²) in [5, 5.41) is 0. The van der Waals surface area contributed by atoms with Crippen molar-refractivity contribution >= 4 is 11.6 Å². The minimum Gasteiger partial charge on any atom is -0.299 e. The summed E-state index contributed by atoms with van der Waals surface area (Å²) in [5.41, 5.74) is 1.48. The van der Waals surface area contributed by atoms with E-state index in [4.69, 9.17) is 0 Å². The van der Waals surface area contributed by atoms with Crippen LogP contribution in [0.15, 0.2) is 73.3 Å². The van der Waals surface area contributed by atoms with Gasteiger partial charge in [0.15, 0.2) is 5.78 Å². The fourth-order valence-corrected chi connectivity index (χ4v) is 2.52. The smallest absolute Gasteiger partial charge is 0.174 e. The van der Waals surface area contributed by atoms with Gasteiger partial charge < -0.3 is 0 Å². The SMILES string of the molecule is C=C[C@H](c1ccccc1)[C@@H](C(C)=O)C(=O)c1ccccc1. The summed E-state index contributed by atoms with van der Waals surface area (Å²) in [7, 11) is 0. The second-order valence-electron chi connectivity index (χ2n) is 4.99. The molecule has 2 rings (SSSR count). The van der Waals surface area contributed by atoms with Gasteiger partial charge in [-0.05, 0) is 12.5 Å². The average Bonchev–Trinajstić information content (AvgIpc) is 2.53. The van der Waals surface area contributed by atoms with Gasteiger partial charge in [0.2, 0.25) is 0 Å². The maximum atomic E-state index is 12.7. The number of hydrogen-bond donors (Lipinski definition) is 0. The Hall–Kier alpha value is -2.48. The van der Waals surface area contributed by atoms with Crippen LogP contribution in [0, 0.1) is 5.92 Å². The van der Waals surface area contributed by atoms with Gasteiger partial charge in [-0.25, -0.2) is 0 Å². The number of carbonyl (C=O) groups excluding carboxylic acids is 2. The normalized spacial score (nSPS) is 13.2. The van der Waals surface area contributed by atoms with E-state index in [1.54, 1.807) is 30.3 Å². The summed E-state index contributed by atoms with van der Waals surface area (Å²) in [6.45, 7) is 5.28. The summed E-state index contributed by atoms with van der Waals surface area (Å²) >= 11 is 0. The standard InChI is InChI=1S/C19H18O2/c1-3-17(15-10-6-4-7-11-15)18(14(2)20)19(21)16-12-8-5-9-13-16/h3-13,17-18H,1H2,2H3/t17-,18-/m1/s1. The molecule has 0 saturated heterocycles. The molecule has 0 radical (unpaired) electrons. The van der Waals surface area contributed by atoms with Gasteiger partial charge in [0.05, 0.1) is 5.92 Å². The topological polar surface area (TPSA) is 34.1 Å². The van der Waals surface area contributed by atoms with Crippen LogP contribution in [0.25, 0.3) is 0 Å². The van der Waals surface area contributed by atoms with Crippen LogP contribution in [0.2, 0.25) is 0 Å². The van der Waals surface area contributed by atoms with Crippen LogP contribution in [0.1, 0.15) is 28.8 Å². The van der Waals surface area contributed by atoms with Crippen LogP contribution >= 0.6 is 0 Å². The second-order valence-corrected chi connectivity index (χ2v) is 4.99. The van der Waals surface area contributed by atoms with Crippen molar-refractivity contribution in [2.75, 3.05) is 0 Å². The van der Waals surface area contributed by atoms with Gasteiger partial charge in [0.1, 0.15) is 5.78 Å². The number of ketones is 2. The molecular weight excluding hydrogens is 260 g/mol. The minimum absolute atomic E-state index is 0.141. The van der Waals surface area contributed by atoms with E-state index in [0.29, 0.717) is 5.56 Å². The van der Waals surface area contributed by atoms with Crippen LogP contribution in [0.5, 0.6) is 0 Å². The number of carbonyl (C=O) groups is 2. The first-order valence-electron chi connectivity index (χ1n) is 6.92. The van der Waals surface area contributed by atoms with Crippen LogP contribution < -0.4 is 0 Å². The highest BCUT2D eigenvalue weighted by molar-refractivity contribution is 6.11. The molecule has 0 aliphatic carbocycles. The Labute approximate surface area is 125 Å². The van der Waals surface area contributed by atoms with Gasteiger partial charge >= 0.3 is 0 Å². The zero-order chi connectivity index (χ0) is 15.2. The molecule has 0 spiro atoms. The molecule has 2 atom stereocenters. The number of Topliss-reactive ketones (excluding diaryl/α,β-unsaturated/α-hetero) is 2.